The SMILES string of the molecule is Cc1cnc(C(=O)CCC(=O)Nc2cc3cc(-c4cn[nH]c4)ccc3cn2)cn1. The smallest absolute Gasteiger partial charge is 0.225 e. The standard InChI is InChI=1S/C21H18N6O2/c1-13-8-23-18(12-22-13)19(28)4-5-21(29)27-20-7-16-6-14(17-10-25-26-11-17)2-3-15(16)9-24-20/h2-3,6-12H,4-5H2,1H3,(H,25,26)(H,24,27,29). The predicted molar refractivity (Wildman–Crippen MR) is 108 cm³/mol. The van der Waals surface area contributed by atoms with Gasteiger partial charge < -0.3 is 5.32 Å². The monoisotopic (exact) mass is 386 g/mol. The Labute approximate surface area is 166 Å². The molecular formula is C21H18N6O2. The van der Waals surface area contributed by atoms with Crippen LogP contribution < -0.4 is 5.32 Å². The molecule has 0 atom stereocenters. The highest BCUT2D eigenvalue weighted by atomic mass is 16.2. The summed E-state index contributed by atoms with van der Waals surface area (Å²) in [5.41, 5.74) is 2.99. The van der Waals surface area contributed by atoms with Gasteiger partial charge in [-0.2, -0.15) is 5.10 Å². The number of H-pyrrole nitrogens is 1. The van der Waals surface area contributed by atoms with E-state index in [1.165, 1.54) is 12.4 Å². The molecule has 0 bridgehead atoms. The number of rotatable bonds is 6. The first-order chi connectivity index (χ1) is 14.1. The van der Waals surface area contributed by atoms with E-state index in [4.69, 9.17) is 0 Å². The van der Waals surface area contributed by atoms with E-state index >= 15 is 0 Å². The number of aromatic amines is 1. The van der Waals surface area contributed by atoms with E-state index in [1.807, 2.05) is 30.5 Å². The minimum atomic E-state index is -0.281. The molecule has 1 amide bonds. The van der Waals surface area contributed by atoms with E-state index in [0.717, 1.165) is 27.6 Å². The third kappa shape index (κ3) is 4.32. The molecule has 1 aromatic carbocycles. The number of nitrogens with zero attached hydrogens (tertiary/aromatic N) is 4. The third-order valence-electron chi connectivity index (χ3n) is 4.47. The first-order valence-electron chi connectivity index (χ1n) is 9.09. The van der Waals surface area contributed by atoms with Gasteiger partial charge in [-0.3, -0.25) is 19.7 Å². The lowest BCUT2D eigenvalue weighted by atomic mass is 10.1. The normalized spacial score (nSPS) is 10.8. The molecular weight excluding hydrogens is 368 g/mol. The molecule has 0 fully saturated rings. The van der Waals surface area contributed by atoms with Crippen LogP contribution in [0, 0.1) is 6.92 Å². The average molecular weight is 386 g/mol. The lowest BCUT2D eigenvalue weighted by Gasteiger charge is -2.07. The summed E-state index contributed by atoms with van der Waals surface area (Å²) >= 11 is 0. The number of hydrogen-bond acceptors (Lipinski definition) is 6. The molecule has 29 heavy (non-hydrogen) atoms. The fourth-order valence-corrected chi connectivity index (χ4v) is 2.89. The van der Waals surface area contributed by atoms with Crippen LogP contribution in [0.4, 0.5) is 5.82 Å². The fourth-order valence-electron chi connectivity index (χ4n) is 2.89. The van der Waals surface area contributed by atoms with Crippen LogP contribution in [0.3, 0.4) is 0 Å². The minimum absolute atomic E-state index is 0.0448. The molecule has 0 unspecified atom stereocenters. The third-order valence-corrected chi connectivity index (χ3v) is 4.47. The number of aryl methyl sites for hydroxylation is 1. The predicted octanol–water partition coefficient (Wildman–Crippen LogP) is 3.32. The van der Waals surface area contributed by atoms with Crippen molar-refractivity contribution >= 4 is 28.3 Å². The second kappa shape index (κ2) is 7.97. The summed E-state index contributed by atoms with van der Waals surface area (Å²) < 4.78 is 0. The second-order valence-corrected chi connectivity index (χ2v) is 6.63. The highest BCUT2D eigenvalue weighted by Crippen LogP contribution is 2.24. The van der Waals surface area contributed by atoms with Gasteiger partial charge in [-0.15, -0.1) is 0 Å². The van der Waals surface area contributed by atoms with Gasteiger partial charge in [-0.1, -0.05) is 12.1 Å². The van der Waals surface area contributed by atoms with Crippen LogP contribution in [0.5, 0.6) is 0 Å². The van der Waals surface area contributed by atoms with Gasteiger partial charge in [0, 0.05) is 42.4 Å². The summed E-state index contributed by atoms with van der Waals surface area (Å²) in [7, 11) is 0. The molecule has 0 aliphatic rings. The molecule has 0 aliphatic carbocycles. The van der Waals surface area contributed by atoms with E-state index in [2.05, 4.69) is 30.5 Å². The summed E-state index contributed by atoms with van der Waals surface area (Å²) in [5, 5.41) is 11.4. The Kier molecular flexibility index (Phi) is 5.07. The molecule has 0 spiro atoms. The van der Waals surface area contributed by atoms with Crippen molar-refractivity contribution < 1.29 is 9.59 Å². The first-order valence-corrected chi connectivity index (χ1v) is 9.09. The molecule has 144 valence electrons. The summed E-state index contributed by atoms with van der Waals surface area (Å²) in [6.45, 7) is 1.80. The van der Waals surface area contributed by atoms with Crippen LogP contribution in [0.25, 0.3) is 21.9 Å². The topological polar surface area (TPSA) is 114 Å². The van der Waals surface area contributed by atoms with Crippen molar-refractivity contribution in [3.05, 3.63) is 66.6 Å². The van der Waals surface area contributed by atoms with E-state index in [9.17, 15) is 9.59 Å². The zero-order valence-electron chi connectivity index (χ0n) is 15.7. The number of aromatic nitrogens is 5. The van der Waals surface area contributed by atoms with Gasteiger partial charge in [0.2, 0.25) is 5.91 Å². The first kappa shape index (κ1) is 18.4. The molecule has 4 rings (SSSR count). The molecule has 0 saturated carbocycles. The number of pyridine rings is 1. The number of nitrogens with one attached hydrogen (secondary N) is 2. The van der Waals surface area contributed by atoms with Crippen molar-refractivity contribution in [2.24, 2.45) is 0 Å². The number of hydrogen-bond donors (Lipinski definition) is 2. The van der Waals surface area contributed by atoms with Crippen LogP contribution in [0.1, 0.15) is 29.0 Å². The second-order valence-electron chi connectivity index (χ2n) is 6.63. The molecule has 8 heteroatoms. The summed E-state index contributed by atoms with van der Waals surface area (Å²) in [6.07, 6.45) is 8.34. The van der Waals surface area contributed by atoms with Gasteiger partial charge >= 0.3 is 0 Å². The number of anilines is 1. The van der Waals surface area contributed by atoms with Crippen molar-refractivity contribution in [1.82, 2.24) is 25.1 Å². The Hall–Kier alpha value is -3.94. The average Bonchev–Trinajstić information content (AvgIpc) is 3.27. The molecule has 0 saturated heterocycles. The quantitative estimate of drug-likeness (QED) is 0.491. The van der Waals surface area contributed by atoms with Crippen molar-refractivity contribution in [2.45, 2.75) is 19.8 Å². The van der Waals surface area contributed by atoms with Gasteiger partial charge in [0.05, 0.1) is 18.1 Å². The van der Waals surface area contributed by atoms with Crippen LogP contribution in [0.15, 0.2) is 55.2 Å². The van der Waals surface area contributed by atoms with Crippen molar-refractivity contribution in [2.75, 3.05) is 5.32 Å². The molecule has 4 aromatic rings. The lowest BCUT2D eigenvalue weighted by molar-refractivity contribution is -0.116. The van der Waals surface area contributed by atoms with E-state index < -0.39 is 0 Å². The Morgan fingerprint density at radius 3 is 2.59 bits per heavy atom. The van der Waals surface area contributed by atoms with E-state index in [0.29, 0.717) is 5.82 Å². The van der Waals surface area contributed by atoms with Gasteiger partial charge in [-0.25, -0.2) is 9.97 Å². The molecule has 0 aliphatic heterocycles. The molecule has 3 heterocycles. The Morgan fingerprint density at radius 2 is 1.83 bits per heavy atom. The van der Waals surface area contributed by atoms with Gasteiger partial charge in [0.15, 0.2) is 5.78 Å². The van der Waals surface area contributed by atoms with Crippen LogP contribution in [-0.2, 0) is 4.79 Å². The van der Waals surface area contributed by atoms with Gasteiger partial charge in [-0.05, 0) is 30.0 Å². The molecule has 8 nitrogen and oxygen atoms in total. The lowest BCUT2D eigenvalue weighted by Crippen LogP contribution is -2.15. The summed E-state index contributed by atoms with van der Waals surface area (Å²) in [6, 6.07) is 7.78. The van der Waals surface area contributed by atoms with E-state index in [-0.39, 0.29) is 30.2 Å². The van der Waals surface area contributed by atoms with Gasteiger partial charge in [0.1, 0.15) is 11.5 Å². The van der Waals surface area contributed by atoms with Crippen molar-refractivity contribution in [1.29, 1.82) is 0 Å². The molecule has 3 aromatic heterocycles. The summed E-state index contributed by atoms with van der Waals surface area (Å²) in [5.74, 6) is -0.0606. The maximum absolute atomic E-state index is 12.2. The maximum Gasteiger partial charge on any atom is 0.225 e. The molecule has 2 N–H and O–H groups in total. The minimum Gasteiger partial charge on any atom is -0.311 e. The van der Waals surface area contributed by atoms with Gasteiger partial charge in [0.25, 0.3) is 0 Å². The summed E-state index contributed by atoms with van der Waals surface area (Å²) in [4.78, 5) is 36.7. The zero-order chi connectivity index (χ0) is 20.2. The number of carbonyl (C=O) groups is 2. The largest absolute Gasteiger partial charge is 0.311 e. The maximum atomic E-state index is 12.2. The molecule has 0 radical (unpaired) electrons. The number of carbonyl (C=O) groups excluding carboxylic acids is 2. The highest BCUT2D eigenvalue weighted by Gasteiger charge is 2.12. The number of fused-ring (bicyclic) bond motifs is 1. The van der Waals surface area contributed by atoms with Crippen molar-refractivity contribution in [3.63, 3.8) is 0 Å². The van der Waals surface area contributed by atoms with E-state index in [1.54, 1.807) is 19.3 Å². The Bertz CT molecular complexity index is 1170. The van der Waals surface area contributed by atoms with Crippen LogP contribution >= 0.6 is 0 Å². The van der Waals surface area contributed by atoms with Crippen LogP contribution in [-0.4, -0.2) is 36.8 Å². The number of benzene rings is 1. The fraction of sp³-hybridized carbons (Fsp3) is 0.143. The number of ketones is 1. The Morgan fingerprint density at radius 1 is 0.931 bits per heavy atom. The zero-order valence-corrected chi connectivity index (χ0v) is 15.7. The van der Waals surface area contributed by atoms with Crippen molar-refractivity contribution in [3.8, 4) is 11.1 Å². The number of amides is 1. The Balaban J connectivity index is 1.42. The van der Waals surface area contributed by atoms with Crippen LogP contribution in [0.2, 0.25) is 0 Å². The number of Topliss-reactive ketones (excluding diaryl/α,β-unsaturated/α-hetero) is 1. The highest BCUT2D eigenvalue weighted by molar-refractivity contribution is 5.99.